The van der Waals surface area contributed by atoms with Gasteiger partial charge in [-0.15, -0.1) is 11.1 Å². The van der Waals surface area contributed by atoms with Crippen molar-refractivity contribution in [1.29, 1.82) is 0 Å². The number of aromatic nitrogens is 1. The maximum atomic E-state index is 11.6. The fraction of sp³-hybridized carbons (Fsp3) is 0.294. The van der Waals surface area contributed by atoms with Crippen LogP contribution in [0, 0.1) is 6.07 Å². The zero-order valence-corrected chi connectivity index (χ0v) is 14.8. The number of ketones is 1. The molecule has 0 aliphatic heterocycles. The molecule has 1 heterocycles. The first-order valence-electron chi connectivity index (χ1n) is 6.65. The maximum absolute atomic E-state index is 11.6. The molecule has 0 aliphatic carbocycles. The summed E-state index contributed by atoms with van der Waals surface area (Å²) in [5.74, 6) is 0.491. The van der Waals surface area contributed by atoms with Crippen molar-refractivity contribution in [3.05, 3.63) is 54.2 Å². The molecule has 0 aliphatic rings. The molecule has 20 heavy (non-hydrogen) atoms. The molecule has 0 saturated heterocycles. The smallest absolute Gasteiger partial charge is 0.132 e. The van der Waals surface area contributed by atoms with Gasteiger partial charge in [0, 0.05) is 57.4 Å². The van der Waals surface area contributed by atoms with Gasteiger partial charge in [-0.05, 0) is 12.1 Å². The number of benzene rings is 1. The van der Waals surface area contributed by atoms with Gasteiger partial charge in [-0.25, -0.2) is 0 Å². The van der Waals surface area contributed by atoms with Crippen molar-refractivity contribution < 1.29 is 37.5 Å². The van der Waals surface area contributed by atoms with Crippen LogP contribution in [0.2, 0.25) is 0 Å². The monoisotopic (exact) mass is 341 g/mol. The summed E-state index contributed by atoms with van der Waals surface area (Å²) < 4.78 is 0. The molecule has 1 aromatic heterocycles. The Hall–Kier alpha value is -0.856. The third-order valence-corrected chi connectivity index (χ3v) is 3.30. The Bertz CT molecular complexity index is 554. The summed E-state index contributed by atoms with van der Waals surface area (Å²) in [6, 6.07) is 14.9. The number of carbonyl (C=O) groups excluding carboxylic acids is 1. The van der Waals surface area contributed by atoms with Crippen molar-refractivity contribution in [2.24, 2.45) is 0 Å². The zero-order chi connectivity index (χ0) is 13.7. The van der Waals surface area contributed by atoms with Gasteiger partial charge in [0.1, 0.15) is 5.78 Å². The Morgan fingerprint density at radius 2 is 2.15 bits per heavy atom. The number of nitrogens with zero attached hydrogens (tertiary/aromatic N) is 1. The molecule has 0 amide bonds. The van der Waals surface area contributed by atoms with Gasteiger partial charge in [0.2, 0.25) is 0 Å². The van der Waals surface area contributed by atoms with E-state index in [0.29, 0.717) is 18.6 Å². The molecule has 2 nitrogen and oxygen atoms in total. The third-order valence-electron chi connectivity index (χ3n) is 3.30. The van der Waals surface area contributed by atoms with Crippen LogP contribution in [-0.2, 0) is 37.5 Å². The van der Waals surface area contributed by atoms with Crippen molar-refractivity contribution in [1.82, 2.24) is 4.98 Å². The van der Waals surface area contributed by atoms with E-state index in [9.17, 15) is 4.79 Å². The fourth-order valence-electron chi connectivity index (χ4n) is 2.20. The van der Waals surface area contributed by atoms with E-state index >= 15 is 0 Å². The number of carbonyl (C=O) groups is 1. The van der Waals surface area contributed by atoms with E-state index in [1.54, 1.807) is 6.20 Å². The quantitative estimate of drug-likeness (QED) is 0.769. The van der Waals surface area contributed by atoms with Gasteiger partial charge >= 0.3 is 0 Å². The van der Waals surface area contributed by atoms with E-state index in [-0.39, 0.29) is 38.6 Å². The van der Waals surface area contributed by atoms with E-state index in [1.807, 2.05) is 43.3 Å². The molecule has 0 bridgehead atoms. The molecular formula is C17H18NOY-. The minimum absolute atomic E-state index is 0. The summed E-state index contributed by atoms with van der Waals surface area (Å²) in [6.45, 7) is 4.00. The average molecular weight is 341 g/mol. The van der Waals surface area contributed by atoms with Crippen molar-refractivity contribution in [2.45, 2.75) is 32.6 Å². The Balaban J connectivity index is 0.00000200. The summed E-state index contributed by atoms with van der Waals surface area (Å²) in [4.78, 5) is 16.0. The van der Waals surface area contributed by atoms with E-state index in [2.05, 4.69) is 18.0 Å². The first-order valence-corrected chi connectivity index (χ1v) is 6.65. The average Bonchev–Trinajstić information content (AvgIpc) is 2.48. The number of pyridine rings is 1. The van der Waals surface area contributed by atoms with Crippen LogP contribution in [0.3, 0.4) is 0 Å². The van der Waals surface area contributed by atoms with Crippen LogP contribution >= 0.6 is 0 Å². The summed E-state index contributed by atoms with van der Waals surface area (Å²) in [5.41, 5.74) is 3.18. The molecule has 0 unspecified atom stereocenters. The van der Waals surface area contributed by atoms with Gasteiger partial charge in [-0.3, -0.25) is 9.78 Å². The second-order valence-corrected chi connectivity index (χ2v) is 4.73. The Morgan fingerprint density at radius 1 is 1.35 bits per heavy atom. The van der Waals surface area contributed by atoms with Crippen LogP contribution in [-0.4, -0.2) is 10.8 Å². The van der Waals surface area contributed by atoms with Crippen molar-refractivity contribution in [2.75, 3.05) is 0 Å². The topological polar surface area (TPSA) is 30.0 Å². The van der Waals surface area contributed by atoms with Crippen LogP contribution in [0.25, 0.3) is 11.3 Å². The zero-order valence-electron chi connectivity index (χ0n) is 12.0. The van der Waals surface area contributed by atoms with E-state index in [0.717, 1.165) is 16.8 Å². The van der Waals surface area contributed by atoms with Crippen LogP contribution in [0.4, 0.5) is 0 Å². The van der Waals surface area contributed by atoms with Gasteiger partial charge in [0.15, 0.2) is 0 Å². The molecule has 1 atom stereocenters. The molecule has 0 saturated carbocycles. The fourth-order valence-corrected chi connectivity index (χ4v) is 2.20. The van der Waals surface area contributed by atoms with Gasteiger partial charge in [0.05, 0.1) is 0 Å². The van der Waals surface area contributed by atoms with Gasteiger partial charge in [0.25, 0.3) is 0 Å². The van der Waals surface area contributed by atoms with E-state index in [4.69, 9.17) is 0 Å². The Labute approximate surface area is 145 Å². The van der Waals surface area contributed by atoms with E-state index < -0.39 is 0 Å². The number of Topliss-reactive ketones (excluding diaryl/α,β-unsaturated/α-hetero) is 1. The van der Waals surface area contributed by atoms with Gasteiger partial charge in [-0.2, -0.15) is 24.3 Å². The molecule has 2 rings (SSSR count). The summed E-state index contributed by atoms with van der Waals surface area (Å²) >= 11 is 0. The van der Waals surface area contributed by atoms with Gasteiger partial charge < -0.3 is 0 Å². The first kappa shape index (κ1) is 17.2. The molecular weight excluding hydrogens is 323 g/mol. The number of hydrogen-bond acceptors (Lipinski definition) is 2. The summed E-state index contributed by atoms with van der Waals surface area (Å²) in [6.07, 6.45) is 2.96. The molecule has 101 valence electrons. The summed E-state index contributed by atoms with van der Waals surface area (Å²) in [5, 5.41) is 0. The molecule has 2 aromatic rings. The van der Waals surface area contributed by atoms with Crippen molar-refractivity contribution in [3.8, 4) is 11.3 Å². The molecule has 0 N–H and O–H groups in total. The Kier molecular flexibility index (Phi) is 7.25. The van der Waals surface area contributed by atoms with E-state index in [1.165, 1.54) is 0 Å². The second kappa shape index (κ2) is 8.43. The van der Waals surface area contributed by atoms with Crippen LogP contribution in [0.1, 0.15) is 38.2 Å². The molecule has 0 fully saturated rings. The molecule has 3 heteroatoms. The number of rotatable bonds is 5. The largest absolute Gasteiger partial charge is 0.300 e. The van der Waals surface area contributed by atoms with Crippen LogP contribution in [0.5, 0.6) is 0 Å². The SMILES string of the molecule is CCC(=O)C[C@H](C)c1c[c-]ccc1-c1ccccn1.[Y]. The Morgan fingerprint density at radius 3 is 2.80 bits per heavy atom. The molecule has 0 spiro atoms. The molecule has 1 aromatic carbocycles. The molecule has 1 radical (unpaired) electrons. The number of hydrogen-bond donors (Lipinski definition) is 0. The predicted molar refractivity (Wildman–Crippen MR) is 76.8 cm³/mol. The van der Waals surface area contributed by atoms with Crippen LogP contribution in [0.15, 0.2) is 42.6 Å². The third kappa shape index (κ3) is 4.32. The van der Waals surface area contributed by atoms with Crippen molar-refractivity contribution >= 4 is 5.78 Å². The van der Waals surface area contributed by atoms with Crippen molar-refractivity contribution in [3.63, 3.8) is 0 Å². The van der Waals surface area contributed by atoms with Gasteiger partial charge in [-0.1, -0.05) is 25.8 Å². The standard InChI is InChI=1S/C17H18NO.Y/c1-3-14(19)12-13(2)15-8-4-5-9-16(15)17-10-6-7-11-18-17;/h5-11,13H,3,12H2,1-2H3;/q-1;/t13-;/m0./s1. The minimum Gasteiger partial charge on any atom is -0.300 e. The predicted octanol–water partition coefficient (Wildman–Crippen LogP) is 4.02. The maximum Gasteiger partial charge on any atom is 0.132 e. The first-order chi connectivity index (χ1) is 9.22. The minimum atomic E-state index is 0. The normalized spacial score (nSPS) is 11.5. The second-order valence-electron chi connectivity index (χ2n) is 4.73. The summed E-state index contributed by atoms with van der Waals surface area (Å²) in [7, 11) is 0. The van der Waals surface area contributed by atoms with Crippen LogP contribution < -0.4 is 0 Å².